The van der Waals surface area contributed by atoms with Crippen LogP contribution in [-0.2, 0) is 17.8 Å². The van der Waals surface area contributed by atoms with Crippen LogP contribution >= 0.6 is 0 Å². The molecule has 21 heavy (non-hydrogen) atoms. The van der Waals surface area contributed by atoms with E-state index in [-0.39, 0.29) is 18.5 Å². The molecule has 1 amide bonds. The summed E-state index contributed by atoms with van der Waals surface area (Å²) in [4.78, 5) is 16.2. The summed E-state index contributed by atoms with van der Waals surface area (Å²) >= 11 is 0. The zero-order valence-electron chi connectivity index (χ0n) is 12.0. The maximum Gasteiger partial charge on any atom is 0.240 e. The lowest BCUT2D eigenvalue weighted by Gasteiger charge is -2.15. The van der Waals surface area contributed by atoms with Crippen molar-refractivity contribution in [1.29, 1.82) is 0 Å². The molecule has 6 heteroatoms. The molecule has 1 aromatic heterocycles. The highest BCUT2D eigenvalue weighted by molar-refractivity contribution is 5.76. The number of nitrogens with zero attached hydrogens (tertiary/aromatic N) is 2. The molecule has 1 atom stereocenters. The SMILES string of the molecule is CCc1nccn1CC(=O)NC(C)c1ccc(O)c(F)c1. The molecule has 0 radical (unpaired) electrons. The van der Waals surface area contributed by atoms with Crippen LogP contribution in [0.3, 0.4) is 0 Å². The molecule has 1 aromatic carbocycles. The molecule has 0 bridgehead atoms. The topological polar surface area (TPSA) is 67.2 Å². The molecule has 0 fully saturated rings. The number of aryl methyl sites for hydroxylation is 1. The summed E-state index contributed by atoms with van der Waals surface area (Å²) in [6.07, 6.45) is 4.16. The maximum absolute atomic E-state index is 13.3. The van der Waals surface area contributed by atoms with Crippen LogP contribution in [-0.4, -0.2) is 20.6 Å². The first kappa shape index (κ1) is 15.0. The van der Waals surface area contributed by atoms with E-state index in [1.165, 1.54) is 12.1 Å². The van der Waals surface area contributed by atoms with Crippen LogP contribution in [0.4, 0.5) is 4.39 Å². The Balaban J connectivity index is 2.00. The standard InChI is InChI=1S/C15H18FN3O2/c1-3-14-17-6-7-19(14)9-15(21)18-10(2)11-4-5-13(20)12(16)8-11/h4-8,10,20H,3,9H2,1-2H3,(H,18,21). The molecule has 112 valence electrons. The minimum Gasteiger partial charge on any atom is -0.505 e. The quantitative estimate of drug-likeness (QED) is 0.887. The molecule has 5 nitrogen and oxygen atoms in total. The van der Waals surface area contributed by atoms with Crippen molar-refractivity contribution in [2.75, 3.05) is 0 Å². The Morgan fingerprint density at radius 3 is 2.95 bits per heavy atom. The van der Waals surface area contributed by atoms with E-state index in [1.54, 1.807) is 30.0 Å². The van der Waals surface area contributed by atoms with Crippen molar-refractivity contribution in [2.45, 2.75) is 32.9 Å². The normalized spacial score (nSPS) is 12.1. The summed E-state index contributed by atoms with van der Waals surface area (Å²) < 4.78 is 15.1. The number of hydrogen-bond donors (Lipinski definition) is 2. The van der Waals surface area contributed by atoms with Gasteiger partial charge in [-0.25, -0.2) is 9.37 Å². The van der Waals surface area contributed by atoms with Crippen LogP contribution < -0.4 is 5.32 Å². The van der Waals surface area contributed by atoms with Crippen LogP contribution in [0.25, 0.3) is 0 Å². The third-order valence-corrected chi connectivity index (χ3v) is 3.28. The molecule has 2 aromatic rings. The van der Waals surface area contributed by atoms with Crippen molar-refractivity contribution < 1.29 is 14.3 Å². The predicted molar refractivity (Wildman–Crippen MR) is 76.2 cm³/mol. The lowest BCUT2D eigenvalue weighted by atomic mass is 10.1. The number of imidazole rings is 1. The summed E-state index contributed by atoms with van der Waals surface area (Å²) in [5.74, 6) is -0.433. The van der Waals surface area contributed by atoms with Crippen molar-refractivity contribution in [1.82, 2.24) is 14.9 Å². The van der Waals surface area contributed by atoms with Gasteiger partial charge in [-0.15, -0.1) is 0 Å². The van der Waals surface area contributed by atoms with Gasteiger partial charge in [-0.05, 0) is 24.6 Å². The van der Waals surface area contributed by atoms with E-state index >= 15 is 0 Å². The molecule has 1 heterocycles. The summed E-state index contributed by atoms with van der Waals surface area (Å²) in [7, 11) is 0. The minimum absolute atomic E-state index is 0.175. The molecule has 0 saturated heterocycles. The van der Waals surface area contributed by atoms with Crippen LogP contribution in [0.2, 0.25) is 0 Å². The number of phenols is 1. The second-order valence-corrected chi connectivity index (χ2v) is 4.82. The Morgan fingerprint density at radius 1 is 1.52 bits per heavy atom. The third-order valence-electron chi connectivity index (χ3n) is 3.28. The summed E-state index contributed by atoms with van der Waals surface area (Å²) in [5, 5.41) is 12.0. The molecule has 0 spiro atoms. The number of carbonyl (C=O) groups excluding carboxylic acids is 1. The van der Waals surface area contributed by atoms with Gasteiger partial charge in [0.1, 0.15) is 12.4 Å². The number of aromatic nitrogens is 2. The van der Waals surface area contributed by atoms with Crippen molar-refractivity contribution in [3.8, 4) is 5.75 Å². The first-order valence-electron chi connectivity index (χ1n) is 6.79. The number of aromatic hydroxyl groups is 1. The van der Waals surface area contributed by atoms with Gasteiger partial charge in [0.05, 0.1) is 6.04 Å². The fourth-order valence-electron chi connectivity index (χ4n) is 2.12. The lowest BCUT2D eigenvalue weighted by molar-refractivity contribution is -0.122. The number of benzene rings is 1. The summed E-state index contributed by atoms with van der Waals surface area (Å²) in [5.41, 5.74) is 0.597. The Labute approximate surface area is 122 Å². The van der Waals surface area contributed by atoms with Gasteiger partial charge in [0.15, 0.2) is 11.6 Å². The van der Waals surface area contributed by atoms with E-state index in [4.69, 9.17) is 5.11 Å². The highest BCUT2D eigenvalue weighted by Crippen LogP contribution is 2.20. The zero-order chi connectivity index (χ0) is 15.4. The smallest absolute Gasteiger partial charge is 0.240 e. The van der Waals surface area contributed by atoms with Gasteiger partial charge < -0.3 is 15.0 Å². The average Bonchev–Trinajstić information content (AvgIpc) is 2.88. The van der Waals surface area contributed by atoms with Crippen molar-refractivity contribution >= 4 is 5.91 Å². The Kier molecular flexibility index (Phi) is 4.57. The van der Waals surface area contributed by atoms with E-state index in [1.807, 2.05) is 6.92 Å². The van der Waals surface area contributed by atoms with Crippen LogP contribution in [0.15, 0.2) is 30.6 Å². The Morgan fingerprint density at radius 2 is 2.29 bits per heavy atom. The molecular formula is C15H18FN3O2. The van der Waals surface area contributed by atoms with Crippen LogP contribution in [0.1, 0.15) is 31.3 Å². The van der Waals surface area contributed by atoms with E-state index in [9.17, 15) is 9.18 Å². The predicted octanol–water partition coefficient (Wildman–Crippen LogP) is 2.17. The number of phenolic OH excluding ortho intramolecular Hbond substituents is 1. The van der Waals surface area contributed by atoms with Crippen LogP contribution in [0.5, 0.6) is 5.75 Å². The van der Waals surface area contributed by atoms with Crippen LogP contribution in [0, 0.1) is 5.82 Å². The highest BCUT2D eigenvalue weighted by Gasteiger charge is 2.13. The Bertz CT molecular complexity index is 640. The molecule has 0 aliphatic heterocycles. The molecule has 1 unspecified atom stereocenters. The number of amides is 1. The second kappa shape index (κ2) is 6.39. The fourth-order valence-corrected chi connectivity index (χ4v) is 2.12. The van der Waals surface area contributed by atoms with Gasteiger partial charge in [0.2, 0.25) is 5.91 Å². The number of nitrogens with one attached hydrogen (secondary N) is 1. The zero-order valence-corrected chi connectivity index (χ0v) is 12.0. The van der Waals surface area contributed by atoms with E-state index < -0.39 is 11.6 Å². The highest BCUT2D eigenvalue weighted by atomic mass is 19.1. The third kappa shape index (κ3) is 3.59. The number of carbonyl (C=O) groups is 1. The molecule has 2 rings (SSSR count). The van der Waals surface area contributed by atoms with E-state index in [2.05, 4.69) is 10.3 Å². The first-order chi connectivity index (χ1) is 10.0. The van der Waals surface area contributed by atoms with Gasteiger partial charge in [-0.3, -0.25) is 4.79 Å². The summed E-state index contributed by atoms with van der Waals surface area (Å²) in [6.45, 7) is 3.91. The molecule has 0 aliphatic carbocycles. The Hall–Kier alpha value is -2.37. The molecule has 0 aliphatic rings. The maximum atomic E-state index is 13.3. The number of rotatable bonds is 5. The second-order valence-electron chi connectivity index (χ2n) is 4.82. The van der Waals surface area contributed by atoms with Gasteiger partial charge in [-0.1, -0.05) is 13.0 Å². The minimum atomic E-state index is -0.698. The van der Waals surface area contributed by atoms with Gasteiger partial charge in [-0.2, -0.15) is 0 Å². The lowest BCUT2D eigenvalue weighted by Crippen LogP contribution is -2.30. The summed E-state index contributed by atoms with van der Waals surface area (Å²) in [6, 6.07) is 3.73. The average molecular weight is 291 g/mol. The number of halogens is 1. The van der Waals surface area contributed by atoms with Crippen molar-refractivity contribution in [3.05, 3.63) is 47.8 Å². The van der Waals surface area contributed by atoms with Gasteiger partial charge in [0.25, 0.3) is 0 Å². The monoisotopic (exact) mass is 291 g/mol. The molecular weight excluding hydrogens is 273 g/mol. The molecule has 0 saturated carbocycles. The number of hydrogen-bond acceptors (Lipinski definition) is 3. The van der Waals surface area contributed by atoms with Crippen molar-refractivity contribution in [2.24, 2.45) is 0 Å². The largest absolute Gasteiger partial charge is 0.505 e. The van der Waals surface area contributed by atoms with Crippen molar-refractivity contribution in [3.63, 3.8) is 0 Å². The van der Waals surface area contributed by atoms with Gasteiger partial charge >= 0.3 is 0 Å². The van der Waals surface area contributed by atoms with E-state index in [0.717, 1.165) is 12.2 Å². The fraction of sp³-hybridized carbons (Fsp3) is 0.333. The van der Waals surface area contributed by atoms with Gasteiger partial charge in [0, 0.05) is 18.8 Å². The molecule has 2 N–H and O–H groups in total. The first-order valence-corrected chi connectivity index (χ1v) is 6.79. The van der Waals surface area contributed by atoms with E-state index in [0.29, 0.717) is 5.56 Å².